The average Bonchev–Trinajstić information content (AvgIpc) is 2.97. The summed E-state index contributed by atoms with van der Waals surface area (Å²) in [5.74, 6) is 0.353. The van der Waals surface area contributed by atoms with E-state index in [9.17, 15) is 14.7 Å². The number of nitrogens with one attached hydrogen (secondary N) is 2. The minimum atomic E-state index is -0.308. The van der Waals surface area contributed by atoms with Gasteiger partial charge in [0.1, 0.15) is 5.76 Å². The minimum absolute atomic E-state index is 0.115. The molecule has 41 heavy (non-hydrogen) atoms. The van der Waals surface area contributed by atoms with Crippen LogP contribution in [0.5, 0.6) is 0 Å². The Morgan fingerprint density at radius 3 is 2.32 bits per heavy atom. The second-order valence-corrected chi connectivity index (χ2v) is 10.3. The fourth-order valence-electron chi connectivity index (χ4n) is 4.27. The number of ether oxygens (including phenoxy) is 1. The van der Waals surface area contributed by atoms with E-state index < -0.39 is 0 Å². The lowest BCUT2D eigenvalue weighted by Crippen LogP contribution is -2.37. The lowest BCUT2D eigenvalue weighted by molar-refractivity contribution is -0.119. The molecule has 0 radical (unpaired) electrons. The molecule has 3 aromatic rings. The van der Waals surface area contributed by atoms with Crippen molar-refractivity contribution in [2.75, 3.05) is 37.4 Å². The zero-order valence-corrected chi connectivity index (χ0v) is 24.8. The molecule has 0 heterocycles. The highest BCUT2D eigenvalue weighted by molar-refractivity contribution is 7.80. The molecule has 0 bridgehead atoms. The Bertz CT molecular complexity index is 1340. The SMILES string of the molecule is C/C=C(\O)c1ccc(CCC(=O)CN(CCCOC)C(=S)Cc2ccc(NC(=O)Nc3ccccc3C)cc2)cc1. The topological polar surface area (TPSA) is 90.9 Å². The fraction of sp³-hybridized carbons (Fsp3) is 0.303. The fourth-order valence-corrected chi connectivity index (χ4v) is 4.59. The zero-order valence-electron chi connectivity index (χ0n) is 24.0. The van der Waals surface area contributed by atoms with E-state index in [0.717, 1.165) is 34.4 Å². The van der Waals surface area contributed by atoms with Gasteiger partial charge in [-0.25, -0.2) is 4.79 Å². The van der Waals surface area contributed by atoms with E-state index in [1.807, 2.05) is 84.6 Å². The molecule has 3 aromatic carbocycles. The van der Waals surface area contributed by atoms with Crippen molar-refractivity contribution in [1.29, 1.82) is 0 Å². The minimum Gasteiger partial charge on any atom is -0.508 e. The van der Waals surface area contributed by atoms with Crippen LogP contribution >= 0.6 is 12.2 Å². The first-order valence-corrected chi connectivity index (χ1v) is 14.2. The van der Waals surface area contributed by atoms with Crippen molar-refractivity contribution in [2.45, 2.75) is 39.5 Å². The number of para-hydroxylation sites is 1. The van der Waals surface area contributed by atoms with Gasteiger partial charge in [0.15, 0.2) is 5.78 Å². The summed E-state index contributed by atoms with van der Waals surface area (Å²) in [6.45, 7) is 5.19. The molecule has 0 aliphatic heterocycles. The van der Waals surface area contributed by atoms with Gasteiger partial charge in [-0.05, 0) is 67.7 Å². The Morgan fingerprint density at radius 1 is 0.976 bits per heavy atom. The van der Waals surface area contributed by atoms with Crippen LogP contribution in [0.4, 0.5) is 16.2 Å². The molecular formula is C33H39N3O4S. The number of nitrogens with zero attached hydrogens (tertiary/aromatic N) is 1. The molecule has 8 heteroatoms. The second kappa shape index (κ2) is 16.3. The molecular weight excluding hydrogens is 534 g/mol. The van der Waals surface area contributed by atoms with Crippen molar-refractivity contribution in [3.63, 3.8) is 0 Å². The van der Waals surface area contributed by atoms with E-state index in [-0.39, 0.29) is 24.1 Å². The smallest absolute Gasteiger partial charge is 0.323 e. The Kier molecular flexibility index (Phi) is 12.5. The van der Waals surface area contributed by atoms with Crippen molar-refractivity contribution >= 4 is 46.2 Å². The number of benzene rings is 3. The second-order valence-electron chi connectivity index (χ2n) is 9.84. The molecule has 0 fully saturated rings. The van der Waals surface area contributed by atoms with Crippen molar-refractivity contribution < 1.29 is 19.4 Å². The maximum absolute atomic E-state index is 12.9. The van der Waals surface area contributed by atoms with E-state index >= 15 is 0 Å². The Morgan fingerprint density at radius 2 is 1.66 bits per heavy atom. The summed E-state index contributed by atoms with van der Waals surface area (Å²) in [4.78, 5) is 28.0. The van der Waals surface area contributed by atoms with Gasteiger partial charge in [-0.2, -0.15) is 0 Å². The largest absolute Gasteiger partial charge is 0.508 e. The normalized spacial score (nSPS) is 11.1. The van der Waals surface area contributed by atoms with Crippen molar-refractivity contribution in [3.05, 3.63) is 101 Å². The monoisotopic (exact) mass is 573 g/mol. The van der Waals surface area contributed by atoms with Crippen LogP contribution in [-0.2, 0) is 22.4 Å². The first-order chi connectivity index (χ1) is 19.8. The van der Waals surface area contributed by atoms with Crippen molar-refractivity contribution in [3.8, 4) is 0 Å². The zero-order chi connectivity index (χ0) is 29.6. The average molecular weight is 574 g/mol. The Balaban J connectivity index is 1.54. The summed E-state index contributed by atoms with van der Waals surface area (Å²) in [5.41, 5.74) is 5.21. The quantitative estimate of drug-likeness (QED) is 0.110. The molecule has 7 nitrogen and oxygen atoms in total. The number of methoxy groups -OCH3 is 1. The van der Waals surface area contributed by atoms with E-state index in [2.05, 4.69) is 10.6 Å². The van der Waals surface area contributed by atoms with Crippen LogP contribution < -0.4 is 10.6 Å². The molecule has 3 rings (SSSR count). The van der Waals surface area contributed by atoms with Gasteiger partial charge < -0.3 is 25.4 Å². The number of hydrogen-bond acceptors (Lipinski definition) is 5. The van der Waals surface area contributed by atoms with Crippen LogP contribution in [0, 0.1) is 6.92 Å². The van der Waals surface area contributed by atoms with Gasteiger partial charge >= 0.3 is 6.03 Å². The summed E-state index contributed by atoms with van der Waals surface area (Å²) >= 11 is 5.77. The third-order valence-corrected chi connectivity index (χ3v) is 7.08. The van der Waals surface area contributed by atoms with E-state index in [0.29, 0.717) is 43.1 Å². The van der Waals surface area contributed by atoms with Crippen LogP contribution in [-0.4, -0.2) is 53.6 Å². The predicted octanol–water partition coefficient (Wildman–Crippen LogP) is 6.97. The standard InChI is InChI=1S/C33H39N3O4S/c1-4-31(38)27-15-10-25(11-16-27)14-19-29(37)23-36(20-7-21-40-3)32(41)22-26-12-17-28(18-13-26)34-33(39)35-30-9-6-5-8-24(30)2/h4-6,8-13,15-18,38H,7,14,19-23H2,1-3H3,(H2,34,35,39)/b31-4-. The molecule has 0 unspecified atom stereocenters. The van der Waals surface area contributed by atoms with Gasteiger partial charge in [0.05, 0.1) is 11.5 Å². The predicted molar refractivity (Wildman–Crippen MR) is 171 cm³/mol. The summed E-state index contributed by atoms with van der Waals surface area (Å²) < 4.78 is 5.21. The first kappa shape index (κ1) is 31.5. The lowest BCUT2D eigenvalue weighted by Gasteiger charge is -2.25. The number of aryl methyl sites for hydroxylation is 2. The molecule has 0 aliphatic rings. The Hall–Kier alpha value is -4.01. The highest BCUT2D eigenvalue weighted by Gasteiger charge is 2.15. The van der Waals surface area contributed by atoms with Crippen LogP contribution in [0.25, 0.3) is 5.76 Å². The number of ketones is 1. The molecule has 0 atom stereocenters. The third-order valence-electron chi connectivity index (χ3n) is 6.67. The van der Waals surface area contributed by atoms with Crippen molar-refractivity contribution in [1.82, 2.24) is 4.90 Å². The van der Waals surface area contributed by atoms with Gasteiger partial charge in [-0.3, -0.25) is 4.79 Å². The number of hydrogen-bond donors (Lipinski definition) is 3. The molecule has 2 amide bonds. The maximum atomic E-state index is 12.9. The van der Waals surface area contributed by atoms with Crippen molar-refractivity contribution in [2.24, 2.45) is 0 Å². The highest BCUT2D eigenvalue weighted by atomic mass is 32.1. The van der Waals surface area contributed by atoms with Gasteiger partial charge in [-0.1, -0.05) is 66.8 Å². The summed E-state index contributed by atoms with van der Waals surface area (Å²) in [7, 11) is 1.66. The number of amides is 2. The molecule has 3 N–H and O–H groups in total. The molecule has 0 saturated carbocycles. The highest BCUT2D eigenvalue weighted by Crippen LogP contribution is 2.17. The molecule has 216 valence electrons. The van der Waals surface area contributed by atoms with Crippen LogP contribution in [0.3, 0.4) is 0 Å². The summed E-state index contributed by atoms with van der Waals surface area (Å²) in [6, 6.07) is 22.4. The number of carbonyl (C=O) groups is 2. The van der Waals surface area contributed by atoms with Crippen LogP contribution in [0.15, 0.2) is 78.9 Å². The number of aliphatic hydroxyl groups excluding tert-OH is 1. The van der Waals surface area contributed by atoms with E-state index in [1.165, 1.54) is 0 Å². The molecule has 0 aromatic heterocycles. The van der Waals surface area contributed by atoms with Gasteiger partial charge in [0.2, 0.25) is 0 Å². The summed E-state index contributed by atoms with van der Waals surface area (Å²) in [5, 5.41) is 15.6. The van der Waals surface area contributed by atoms with Crippen LogP contribution in [0.2, 0.25) is 0 Å². The number of rotatable bonds is 14. The maximum Gasteiger partial charge on any atom is 0.323 e. The van der Waals surface area contributed by atoms with Gasteiger partial charge in [0, 0.05) is 50.0 Å². The number of allylic oxidation sites excluding steroid dienone is 1. The first-order valence-electron chi connectivity index (χ1n) is 13.7. The van der Waals surface area contributed by atoms with E-state index in [4.69, 9.17) is 17.0 Å². The molecule has 0 saturated heterocycles. The third kappa shape index (κ3) is 10.5. The Labute approximate surface area is 248 Å². The number of anilines is 2. The van der Waals surface area contributed by atoms with E-state index in [1.54, 1.807) is 20.1 Å². The molecule has 0 spiro atoms. The molecule has 0 aliphatic carbocycles. The van der Waals surface area contributed by atoms with Gasteiger partial charge in [-0.15, -0.1) is 0 Å². The van der Waals surface area contributed by atoms with Crippen LogP contribution in [0.1, 0.15) is 42.0 Å². The number of Topliss-reactive ketones (excluding diaryl/α,β-unsaturated/α-hetero) is 1. The number of aliphatic hydroxyl groups is 1. The number of thiocarbonyl (C=S) groups is 1. The van der Waals surface area contributed by atoms with Gasteiger partial charge in [0.25, 0.3) is 0 Å². The lowest BCUT2D eigenvalue weighted by atomic mass is 10.0. The summed E-state index contributed by atoms with van der Waals surface area (Å²) in [6.07, 6.45) is 3.96. The number of carbonyl (C=O) groups excluding carboxylic acids is 2. The number of urea groups is 1.